The van der Waals surface area contributed by atoms with Gasteiger partial charge in [-0.3, -0.25) is 4.79 Å². The fraction of sp³-hybridized carbons (Fsp3) is 0.188. The summed E-state index contributed by atoms with van der Waals surface area (Å²) in [5.74, 6) is -0.0000535. The molecule has 0 saturated carbocycles. The van der Waals surface area contributed by atoms with Crippen LogP contribution in [0.4, 0.5) is 5.69 Å². The molecule has 0 bridgehead atoms. The number of ketones is 1. The summed E-state index contributed by atoms with van der Waals surface area (Å²) in [5, 5.41) is 12.9. The minimum absolute atomic E-state index is 0.0512. The van der Waals surface area contributed by atoms with Crippen LogP contribution in [0.3, 0.4) is 0 Å². The van der Waals surface area contributed by atoms with Crippen LogP contribution >= 0.6 is 0 Å². The summed E-state index contributed by atoms with van der Waals surface area (Å²) in [6.07, 6.45) is 0.353. The molecule has 0 atom stereocenters. The molecule has 0 amide bonds. The highest BCUT2D eigenvalue weighted by Crippen LogP contribution is 2.19. The van der Waals surface area contributed by atoms with Gasteiger partial charge in [0.05, 0.1) is 5.56 Å². The molecule has 19 heavy (non-hydrogen) atoms. The number of hydrogen-bond donors (Lipinski definition) is 2. The van der Waals surface area contributed by atoms with Gasteiger partial charge in [0.15, 0.2) is 5.78 Å². The average molecular weight is 255 g/mol. The first kappa shape index (κ1) is 13.1. The lowest BCUT2D eigenvalue weighted by atomic mass is 10.0. The van der Waals surface area contributed by atoms with Gasteiger partial charge in [0.2, 0.25) is 0 Å². The summed E-state index contributed by atoms with van der Waals surface area (Å²) in [5.41, 5.74) is 2.36. The lowest BCUT2D eigenvalue weighted by Gasteiger charge is -2.07. The zero-order valence-corrected chi connectivity index (χ0v) is 10.9. The Hall–Kier alpha value is -2.29. The third kappa shape index (κ3) is 3.58. The van der Waals surface area contributed by atoms with Crippen LogP contribution in [0, 0.1) is 6.92 Å². The highest BCUT2D eigenvalue weighted by Gasteiger charge is 2.10. The van der Waals surface area contributed by atoms with Gasteiger partial charge in [0.1, 0.15) is 5.75 Å². The van der Waals surface area contributed by atoms with Crippen LogP contribution in [-0.4, -0.2) is 17.4 Å². The summed E-state index contributed by atoms with van der Waals surface area (Å²) in [6, 6.07) is 14.8. The van der Waals surface area contributed by atoms with E-state index in [1.165, 1.54) is 0 Å². The monoisotopic (exact) mass is 255 g/mol. The third-order valence-corrected chi connectivity index (χ3v) is 2.91. The number of phenolic OH excluding ortho intramolecular Hbond substituents is 1. The molecular formula is C16H17NO2. The van der Waals surface area contributed by atoms with Crippen molar-refractivity contribution in [2.24, 2.45) is 0 Å². The van der Waals surface area contributed by atoms with E-state index in [1.807, 2.05) is 37.3 Å². The van der Waals surface area contributed by atoms with Crippen molar-refractivity contribution < 1.29 is 9.90 Å². The molecule has 0 unspecified atom stereocenters. The van der Waals surface area contributed by atoms with Gasteiger partial charge >= 0.3 is 0 Å². The van der Waals surface area contributed by atoms with Crippen molar-refractivity contribution in [3.8, 4) is 5.75 Å². The van der Waals surface area contributed by atoms with E-state index in [4.69, 9.17) is 0 Å². The number of carbonyl (C=O) groups is 1. The molecule has 2 aromatic carbocycles. The third-order valence-electron chi connectivity index (χ3n) is 2.91. The standard InChI is InChI=1S/C16H17NO2/c1-12-7-8-15(18)14(11-12)16(19)9-10-17-13-5-3-2-4-6-13/h2-8,11,17-18H,9-10H2,1H3. The molecule has 3 nitrogen and oxygen atoms in total. The second kappa shape index (κ2) is 6.05. The second-order valence-corrected chi connectivity index (χ2v) is 4.49. The Kier molecular flexibility index (Phi) is 4.18. The molecule has 0 heterocycles. The minimum Gasteiger partial charge on any atom is -0.507 e. The quantitative estimate of drug-likeness (QED) is 0.805. The van der Waals surface area contributed by atoms with Crippen LogP contribution in [0.15, 0.2) is 48.5 Å². The Morgan fingerprint density at radius 3 is 2.63 bits per heavy atom. The number of aromatic hydroxyl groups is 1. The first-order valence-corrected chi connectivity index (χ1v) is 6.28. The van der Waals surface area contributed by atoms with Crippen molar-refractivity contribution in [2.75, 3.05) is 11.9 Å². The van der Waals surface area contributed by atoms with E-state index in [0.717, 1.165) is 11.3 Å². The number of phenols is 1. The van der Waals surface area contributed by atoms with E-state index in [2.05, 4.69) is 5.32 Å². The van der Waals surface area contributed by atoms with Gasteiger partial charge in [-0.05, 0) is 31.2 Å². The smallest absolute Gasteiger partial charge is 0.168 e. The molecule has 0 aliphatic carbocycles. The van der Waals surface area contributed by atoms with Crippen molar-refractivity contribution in [3.63, 3.8) is 0 Å². The van der Waals surface area contributed by atoms with Crippen LogP contribution in [0.5, 0.6) is 5.75 Å². The number of hydrogen-bond acceptors (Lipinski definition) is 3. The summed E-state index contributed by atoms with van der Waals surface area (Å²) >= 11 is 0. The van der Waals surface area contributed by atoms with E-state index in [9.17, 15) is 9.90 Å². The molecule has 0 aromatic heterocycles. The molecule has 2 rings (SSSR count). The first-order valence-electron chi connectivity index (χ1n) is 6.28. The first-order chi connectivity index (χ1) is 9.16. The summed E-state index contributed by atoms with van der Waals surface area (Å²) in [7, 11) is 0. The highest BCUT2D eigenvalue weighted by molar-refractivity contribution is 5.98. The molecule has 2 aromatic rings. The topological polar surface area (TPSA) is 49.3 Å². The predicted molar refractivity (Wildman–Crippen MR) is 76.7 cm³/mol. The number of rotatable bonds is 5. The minimum atomic E-state index is -0.0513. The maximum Gasteiger partial charge on any atom is 0.168 e. The molecule has 98 valence electrons. The molecular weight excluding hydrogens is 238 g/mol. The number of aryl methyl sites for hydroxylation is 1. The fourth-order valence-corrected chi connectivity index (χ4v) is 1.88. The number of benzene rings is 2. The maximum absolute atomic E-state index is 12.0. The zero-order valence-electron chi connectivity index (χ0n) is 10.9. The molecule has 0 spiro atoms. The SMILES string of the molecule is Cc1ccc(O)c(C(=O)CCNc2ccccc2)c1. The van der Waals surface area contributed by atoms with Crippen molar-refractivity contribution in [2.45, 2.75) is 13.3 Å². The molecule has 2 N–H and O–H groups in total. The van der Waals surface area contributed by atoms with E-state index in [1.54, 1.807) is 18.2 Å². The Morgan fingerprint density at radius 1 is 1.16 bits per heavy atom. The van der Waals surface area contributed by atoms with E-state index in [-0.39, 0.29) is 11.5 Å². The Balaban J connectivity index is 1.93. The molecule has 0 aliphatic heterocycles. The Bertz CT molecular complexity index is 564. The maximum atomic E-state index is 12.0. The summed E-state index contributed by atoms with van der Waals surface area (Å²) in [4.78, 5) is 12.0. The normalized spacial score (nSPS) is 10.2. The van der Waals surface area contributed by atoms with Crippen LogP contribution < -0.4 is 5.32 Å². The summed E-state index contributed by atoms with van der Waals surface area (Å²) < 4.78 is 0. The second-order valence-electron chi connectivity index (χ2n) is 4.49. The van der Waals surface area contributed by atoms with Gasteiger partial charge in [0, 0.05) is 18.7 Å². The fourth-order valence-electron chi connectivity index (χ4n) is 1.88. The molecule has 0 aliphatic rings. The number of para-hydroxylation sites is 1. The number of Topliss-reactive ketones (excluding diaryl/α,β-unsaturated/α-hetero) is 1. The van der Waals surface area contributed by atoms with Crippen LogP contribution in [-0.2, 0) is 0 Å². The average Bonchev–Trinajstić information content (AvgIpc) is 2.42. The van der Waals surface area contributed by atoms with Gasteiger partial charge < -0.3 is 10.4 Å². The highest BCUT2D eigenvalue weighted by atomic mass is 16.3. The number of carbonyl (C=O) groups excluding carboxylic acids is 1. The van der Waals surface area contributed by atoms with Crippen LogP contribution in [0.25, 0.3) is 0 Å². The van der Waals surface area contributed by atoms with E-state index >= 15 is 0 Å². The van der Waals surface area contributed by atoms with Gasteiger partial charge in [-0.15, -0.1) is 0 Å². The van der Waals surface area contributed by atoms with Gasteiger partial charge in [-0.25, -0.2) is 0 Å². The van der Waals surface area contributed by atoms with Gasteiger partial charge in [-0.2, -0.15) is 0 Å². The van der Waals surface area contributed by atoms with Gasteiger partial charge in [0.25, 0.3) is 0 Å². The summed E-state index contributed by atoms with van der Waals surface area (Å²) in [6.45, 7) is 2.45. The number of nitrogens with one attached hydrogen (secondary N) is 1. The van der Waals surface area contributed by atoms with Crippen LogP contribution in [0.2, 0.25) is 0 Å². The van der Waals surface area contributed by atoms with Crippen molar-refractivity contribution in [3.05, 3.63) is 59.7 Å². The Morgan fingerprint density at radius 2 is 1.89 bits per heavy atom. The van der Waals surface area contributed by atoms with Gasteiger partial charge in [-0.1, -0.05) is 29.8 Å². The lowest BCUT2D eigenvalue weighted by Crippen LogP contribution is -2.09. The molecule has 3 heteroatoms. The largest absolute Gasteiger partial charge is 0.507 e. The molecule has 0 saturated heterocycles. The van der Waals surface area contributed by atoms with Crippen molar-refractivity contribution >= 4 is 11.5 Å². The van der Waals surface area contributed by atoms with E-state index < -0.39 is 0 Å². The van der Waals surface area contributed by atoms with E-state index in [0.29, 0.717) is 18.5 Å². The lowest BCUT2D eigenvalue weighted by molar-refractivity contribution is 0.0984. The predicted octanol–water partition coefficient (Wildman–Crippen LogP) is 3.39. The zero-order chi connectivity index (χ0) is 13.7. The molecule has 0 fully saturated rings. The molecule has 0 radical (unpaired) electrons. The number of anilines is 1. The van der Waals surface area contributed by atoms with Crippen molar-refractivity contribution in [1.29, 1.82) is 0 Å². The van der Waals surface area contributed by atoms with Crippen molar-refractivity contribution in [1.82, 2.24) is 0 Å². The Labute approximate surface area is 112 Å². The van der Waals surface area contributed by atoms with Crippen LogP contribution in [0.1, 0.15) is 22.3 Å².